The van der Waals surface area contributed by atoms with Gasteiger partial charge in [-0.1, -0.05) is 38.1 Å². The Morgan fingerprint density at radius 3 is 2.64 bits per heavy atom. The van der Waals surface area contributed by atoms with Gasteiger partial charge in [-0.3, -0.25) is 9.69 Å². The summed E-state index contributed by atoms with van der Waals surface area (Å²) in [5.41, 5.74) is 4.26. The number of hydrogen-bond donors (Lipinski definition) is 1. The van der Waals surface area contributed by atoms with Crippen LogP contribution in [0.25, 0.3) is 0 Å². The average Bonchev–Trinajstić information content (AvgIpc) is 3.37. The zero-order valence-corrected chi connectivity index (χ0v) is 22.1. The minimum atomic E-state index is -0.0139. The minimum Gasteiger partial charge on any atom is -0.491 e. The summed E-state index contributed by atoms with van der Waals surface area (Å²) in [5.74, 6) is 1.42. The largest absolute Gasteiger partial charge is 0.491 e. The zero-order chi connectivity index (χ0) is 25.2. The van der Waals surface area contributed by atoms with Gasteiger partial charge in [0.05, 0.1) is 13.2 Å². The summed E-state index contributed by atoms with van der Waals surface area (Å²) in [6.45, 7) is 13.3. The first-order chi connectivity index (χ1) is 17.6. The number of rotatable bonds is 7. The third-order valence-electron chi connectivity index (χ3n) is 6.91. The predicted molar refractivity (Wildman–Crippen MR) is 145 cm³/mol. The van der Waals surface area contributed by atoms with Gasteiger partial charge in [0.15, 0.2) is 0 Å². The second kappa shape index (κ2) is 13.8. The van der Waals surface area contributed by atoms with E-state index in [9.17, 15) is 4.79 Å². The van der Waals surface area contributed by atoms with Gasteiger partial charge in [0.2, 0.25) is 0 Å². The van der Waals surface area contributed by atoms with Crippen LogP contribution in [0.1, 0.15) is 60.2 Å². The summed E-state index contributed by atoms with van der Waals surface area (Å²) < 4.78 is 12.0. The van der Waals surface area contributed by atoms with Crippen molar-refractivity contribution in [3.05, 3.63) is 64.7 Å². The fourth-order valence-corrected chi connectivity index (χ4v) is 5.19. The molecule has 2 aromatic carbocycles. The Kier molecular flexibility index (Phi) is 10.2. The van der Waals surface area contributed by atoms with E-state index >= 15 is 0 Å². The van der Waals surface area contributed by atoms with E-state index in [0.29, 0.717) is 37.8 Å². The van der Waals surface area contributed by atoms with Crippen LogP contribution in [0.4, 0.5) is 0 Å². The zero-order valence-electron chi connectivity index (χ0n) is 22.1. The monoisotopic (exact) mass is 493 g/mol. The van der Waals surface area contributed by atoms with E-state index in [1.54, 1.807) is 0 Å². The Bertz CT molecular complexity index is 972. The number of likely N-dealkylation sites (tertiary alicyclic amines) is 1. The van der Waals surface area contributed by atoms with Crippen LogP contribution in [0.15, 0.2) is 42.5 Å². The van der Waals surface area contributed by atoms with Crippen LogP contribution in [0, 0.1) is 5.92 Å². The Balaban J connectivity index is 1.45. The Morgan fingerprint density at radius 2 is 1.81 bits per heavy atom. The first kappa shape index (κ1) is 26.6. The van der Waals surface area contributed by atoms with E-state index in [2.05, 4.69) is 53.2 Å². The number of carbonyl (C=O) groups excluding carboxylic acids is 1. The molecule has 2 heterocycles. The number of nitrogens with one attached hydrogen (secondary N) is 1. The maximum absolute atomic E-state index is 12.9. The van der Waals surface area contributed by atoms with E-state index in [0.717, 1.165) is 50.3 Å². The molecule has 6 nitrogen and oxygen atoms in total. The number of hydrogen-bond acceptors (Lipinski definition) is 5. The first-order valence-corrected chi connectivity index (χ1v) is 13.7. The van der Waals surface area contributed by atoms with Gasteiger partial charge in [-0.15, -0.1) is 0 Å². The molecule has 2 aliphatic heterocycles. The molecule has 0 spiro atoms. The molecule has 1 N–H and O–H groups in total. The minimum absolute atomic E-state index is 0.0139. The summed E-state index contributed by atoms with van der Waals surface area (Å²) in [6.07, 6.45) is 4.31. The van der Waals surface area contributed by atoms with Gasteiger partial charge in [0, 0.05) is 38.2 Å². The number of ether oxygens (including phenoxy) is 2. The predicted octanol–water partition coefficient (Wildman–Crippen LogP) is 4.36. The number of amides is 1. The number of fused-ring (bicyclic) bond motifs is 3. The van der Waals surface area contributed by atoms with Crippen molar-refractivity contribution in [2.24, 2.45) is 5.92 Å². The molecule has 36 heavy (non-hydrogen) atoms. The highest BCUT2D eigenvalue weighted by Crippen LogP contribution is 2.25. The lowest BCUT2D eigenvalue weighted by Crippen LogP contribution is -2.31. The van der Waals surface area contributed by atoms with Crippen molar-refractivity contribution in [1.82, 2.24) is 15.1 Å². The number of benzene rings is 2. The van der Waals surface area contributed by atoms with Gasteiger partial charge >= 0.3 is 0 Å². The fraction of sp³-hybridized carbons (Fsp3) is 0.567. The molecule has 6 heteroatoms. The van der Waals surface area contributed by atoms with Gasteiger partial charge in [-0.05, 0) is 79.7 Å². The molecule has 0 radical (unpaired) electrons. The molecule has 4 rings (SSSR count). The van der Waals surface area contributed by atoms with E-state index in [1.165, 1.54) is 37.1 Å². The highest BCUT2D eigenvalue weighted by atomic mass is 16.5. The second-order valence-corrected chi connectivity index (χ2v) is 10.6. The molecule has 0 atom stereocenters. The molecule has 2 aliphatic rings. The Morgan fingerprint density at radius 1 is 0.972 bits per heavy atom. The molecule has 1 saturated heterocycles. The lowest BCUT2D eigenvalue weighted by molar-refractivity contribution is 0.0746. The van der Waals surface area contributed by atoms with Crippen LogP contribution in [0.5, 0.6) is 5.75 Å². The van der Waals surface area contributed by atoms with Crippen LogP contribution < -0.4 is 10.1 Å². The SMILES string of the molecule is CC(C)CN1CCOCCOc2ccc(C(=O)NCCCN3CCCC3)cc2Cc2cccc(c2)C1. The maximum atomic E-state index is 12.9. The van der Waals surface area contributed by atoms with Gasteiger partial charge in [-0.2, -0.15) is 0 Å². The van der Waals surface area contributed by atoms with Gasteiger partial charge in [0.1, 0.15) is 12.4 Å². The van der Waals surface area contributed by atoms with Crippen LogP contribution in [0.3, 0.4) is 0 Å². The molecule has 0 aromatic heterocycles. The molecule has 0 unspecified atom stereocenters. The molecular weight excluding hydrogens is 450 g/mol. The van der Waals surface area contributed by atoms with Crippen molar-refractivity contribution < 1.29 is 14.3 Å². The van der Waals surface area contributed by atoms with E-state index in [1.807, 2.05) is 18.2 Å². The molecule has 1 fully saturated rings. The Labute approximate surface area is 217 Å². The lowest BCUT2D eigenvalue weighted by atomic mass is 9.99. The van der Waals surface area contributed by atoms with Crippen molar-refractivity contribution in [2.45, 2.75) is 46.1 Å². The smallest absolute Gasteiger partial charge is 0.251 e. The fourth-order valence-electron chi connectivity index (χ4n) is 5.19. The second-order valence-electron chi connectivity index (χ2n) is 10.6. The molecular formula is C30H43N3O3. The molecule has 0 saturated carbocycles. The van der Waals surface area contributed by atoms with Crippen LogP contribution >= 0.6 is 0 Å². The summed E-state index contributed by atoms with van der Waals surface area (Å²) in [5, 5.41) is 3.11. The number of nitrogens with zero attached hydrogens (tertiary/aromatic N) is 2. The van der Waals surface area contributed by atoms with E-state index in [4.69, 9.17) is 9.47 Å². The standard InChI is InChI=1S/C30H43N3O3/c1-24(2)22-33-15-16-35-17-18-36-29-10-9-27(30(34)31-11-6-14-32-12-3-4-13-32)21-28(29)20-25-7-5-8-26(19-25)23-33/h5,7-10,19,21,24H,3-4,6,11-18,20,22-23H2,1-2H3,(H,31,34). The molecule has 2 aromatic rings. The van der Waals surface area contributed by atoms with Gasteiger partial charge < -0.3 is 19.7 Å². The van der Waals surface area contributed by atoms with E-state index in [-0.39, 0.29) is 5.91 Å². The van der Waals surface area contributed by atoms with Crippen LogP contribution in [-0.4, -0.2) is 74.8 Å². The average molecular weight is 494 g/mol. The van der Waals surface area contributed by atoms with Crippen molar-refractivity contribution in [1.29, 1.82) is 0 Å². The summed E-state index contributed by atoms with van der Waals surface area (Å²) in [6, 6.07) is 14.6. The molecule has 196 valence electrons. The third-order valence-corrected chi connectivity index (χ3v) is 6.91. The normalized spacial score (nSPS) is 17.9. The van der Waals surface area contributed by atoms with E-state index < -0.39 is 0 Å². The lowest BCUT2D eigenvalue weighted by Gasteiger charge is -2.25. The highest BCUT2D eigenvalue weighted by Gasteiger charge is 2.15. The van der Waals surface area contributed by atoms with Crippen LogP contribution in [-0.2, 0) is 17.7 Å². The molecule has 2 bridgehead atoms. The maximum Gasteiger partial charge on any atom is 0.251 e. The summed E-state index contributed by atoms with van der Waals surface area (Å²) in [4.78, 5) is 17.8. The van der Waals surface area contributed by atoms with Crippen molar-refractivity contribution in [2.75, 3.05) is 59.1 Å². The molecule has 1 amide bonds. The van der Waals surface area contributed by atoms with Crippen LogP contribution in [0.2, 0.25) is 0 Å². The van der Waals surface area contributed by atoms with Crippen molar-refractivity contribution >= 4 is 5.91 Å². The van der Waals surface area contributed by atoms with Gasteiger partial charge in [0.25, 0.3) is 5.91 Å². The Hall–Kier alpha value is -2.41. The van der Waals surface area contributed by atoms with Crippen molar-refractivity contribution in [3.63, 3.8) is 0 Å². The quantitative estimate of drug-likeness (QED) is 0.581. The summed E-state index contributed by atoms with van der Waals surface area (Å²) >= 11 is 0. The van der Waals surface area contributed by atoms with Crippen molar-refractivity contribution in [3.8, 4) is 5.75 Å². The third kappa shape index (κ3) is 8.32. The van der Waals surface area contributed by atoms with Gasteiger partial charge in [-0.25, -0.2) is 0 Å². The highest BCUT2D eigenvalue weighted by molar-refractivity contribution is 5.94. The number of carbonyl (C=O) groups is 1. The first-order valence-electron chi connectivity index (χ1n) is 13.7. The summed E-state index contributed by atoms with van der Waals surface area (Å²) in [7, 11) is 0. The molecule has 0 aliphatic carbocycles. The topological polar surface area (TPSA) is 54.0 Å².